The summed E-state index contributed by atoms with van der Waals surface area (Å²) in [5.41, 5.74) is 1.53. The molecule has 9 heteroatoms. The first kappa shape index (κ1) is 15.5. The number of rotatable bonds is 4. The molecule has 3 aromatic rings. The summed E-state index contributed by atoms with van der Waals surface area (Å²) in [7, 11) is -4.21. The van der Waals surface area contributed by atoms with Crippen molar-refractivity contribution in [3.05, 3.63) is 59.6 Å². The van der Waals surface area contributed by atoms with Crippen molar-refractivity contribution in [1.29, 1.82) is 0 Å². The van der Waals surface area contributed by atoms with Crippen LogP contribution in [0.3, 0.4) is 0 Å². The van der Waals surface area contributed by atoms with Gasteiger partial charge < -0.3 is 0 Å². The lowest BCUT2D eigenvalue weighted by molar-refractivity contribution is 0.544. The van der Waals surface area contributed by atoms with E-state index >= 15 is 0 Å². The fraction of sp³-hybridized carbons (Fsp3) is 0.143. The Morgan fingerprint density at radius 3 is 2.78 bits per heavy atom. The Hall–Kier alpha value is -2.39. The molecular weight excluding hydrogens is 326 g/mol. The molecule has 0 fully saturated rings. The molecule has 3 rings (SSSR count). The molecule has 0 saturated heterocycles. The van der Waals surface area contributed by atoms with Gasteiger partial charge in [0, 0.05) is 6.20 Å². The van der Waals surface area contributed by atoms with Crippen LogP contribution in [-0.2, 0) is 16.6 Å². The maximum Gasteiger partial charge on any atom is 0.244 e. The van der Waals surface area contributed by atoms with Crippen LogP contribution in [0, 0.1) is 18.6 Å². The summed E-state index contributed by atoms with van der Waals surface area (Å²) in [5, 5.41) is 4.12. The van der Waals surface area contributed by atoms with E-state index in [0.717, 1.165) is 17.7 Å². The van der Waals surface area contributed by atoms with E-state index < -0.39 is 26.6 Å². The Labute approximate surface area is 130 Å². The molecule has 1 N–H and O–H groups in total. The average Bonchev–Trinajstić information content (AvgIpc) is 2.89. The van der Waals surface area contributed by atoms with E-state index in [1.165, 1.54) is 4.52 Å². The van der Waals surface area contributed by atoms with Crippen LogP contribution in [0.15, 0.2) is 41.4 Å². The van der Waals surface area contributed by atoms with Crippen LogP contribution >= 0.6 is 0 Å². The Kier molecular flexibility index (Phi) is 3.82. The minimum absolute atomic E-state index is 0.219. The Bertz CT molecular complexity index is 986. The lowest BCUT2D eigenvalue weighted by Crippen LogP contribution is -2.25. The number of halogens is 2. The number of fused-ring (bicyclic) bond motifs is 1. The van der Waals surface area contributed by atoms with Crippen LogP contribution in [0.4, 0.5) is 8.78 Å². The number of pyridine rings is 1. The Morgan fingerprint density at radius 1 is 1.22 bits per heavy atom. The van der Waals surface area contributed by atoms with Crippen LogP contribution in [0.5, 0.6) is 0 Å². The third-order valence-corrected chi connectivity index (χ3v) is 4.54. The third kappa shape index (κ3) is 3.20. The zero-order valence-corrected chi connectivity index (χ0v) is 12.8. The molecule has 1 aromatic carbocycles. The molecule has 0 saturated carbocycles. The van der Waals surface area contributed by atoms with Gasteiger partial charge in [0.1, 0.15) is 16.5 Å². The van der Waals surface area contributed by atoms with Gasteiger partial charge in [0.05, 0.1) is 6.54 Å². The number of nitrogens with one attached hydrogen (secondary N) is 1. The van der Waals surface area contributed by atoms with E-state index in [1.54, 1.807) is 12.3 Å². The second-order valence-corrected chi connectivity index (χ2v) is 6.67. The monoisotopic (exact) mass is 338 g/mol. The summed E-state index contributed by atoms with van der Waals surface area (Å²) in [6.45, 7) is 1.65. The Balaban J connectivity index is 1.84. The van der Waals surface area contributed by atoms with E-state index in [4.69, 9.17) is 0 Å². The van der Waals surface area contributed by atoms with Gasteiger partial charge in [0.2, 0.25) is 10.0 Å². The first-order valence-electron chi connectivity index (χ1n) is 6.62. The standard InChI is InChI=1S/C14H12F2N4O2S/c1-9-2-5-14-18-13(19-20(14)8-9)7-17-23(21,22)12-6-10(15)3-4-11(12)16/h2-6,8,17H,7H2,1H3. The number of nitrogens with zero attached hydrogens (tertiary/aromatic N) is 3. The number of benzene rings is 1. The van der Waals surface area contributed by atoms with Crippen molar-refractivity contribution in [2.45, 2.75) is 18.4 Å². The van der Waals surface area contributed by atoms with Crippen molar-refractivity contribution in [2.75, 3.05) is 0 Å². The summed E-state index contributed by atoms with van der Waals surface area (Å²) in [6, 6.07) is 5.82. The maximum absolute atomic E-state index is 13.6. The SMILES string of the molecule is Cc1ccc2nc(CNS(=O)(=O)c3cc(F)ccc3F)nn2c1. The summed E-state index contributed by atoms with van der Waals surface area (Å²) in [4.78, 5) is 3.39. The maximum atomic E-state index is 13.6. The molecular formula is C14H12F2N4O2S. The van der Waals surface area contributed by atoms with Gasteiger partial charge in [-0.05, 0) is 36.8 Å². The van der Waals surface area contributed by atoms with Gasteiger partial charge >= 0.3 is 0 Å². The smallest absolute Gasteiger partial charge is 0.221 e. The van der Waals surface area contributed by atoms with Crippen molar-refractivity contribution in [2.24, 2.45) is 0 Å². The first-order valence-corrected chi connectivity index (χ1v) is 8.10. The van der Waals surface area contributed by atoms with Crippen molar-refractivity contribution in [1.82, 2.24) is 19.3 Å². The summed E-state index contributed by atoms with van der Waals surface area (Å²) < 4.78 is 54.5. The second kappa shape index (κ2) is 5.67. The van der Waals surface area contributed by atoms with E-state index in [2.05, 4.69) is 14.8 Å². The van der Waals surface area contributed by atoms with Gasteiger partial charge in [-0.1, -0.05) is 6.07 Å². The highest BCUT2D eigenvalue weighted by molar-refractivity contribution is 7.89. The zero-order chi connectivity index (χ0) is 16.6. The van der Waals surface area contributed by atoms with E-state index in [9.17, 15) is 17.2 Å². The zero-order valence-electron chi connectivity index (χ0n) is 12.0. The molecule has 0 amide bonds. The van der Waals surface area contributed by atoms with Crippen molar-refractivity contribution >= 4 is 15.7 Å². The predicted molar refractivity (Wildman–Crippen MR) is 78.1 cm³/mol. The van der Waals surface area contributed by atoms with Crippen LogP contribution in [0.25, 0.3) is 5.65 Å². The number of aromatic nitrogens is 3. The molecule has 120 valence electrons. The highest BCUT2D eigenvalue weighted by atomic mass is 32.2. The lowest BCUT2D eigenvalue weighted by atomic mass is 10.3. The molecule has 0 spiro atoms. The molecule has 0 radical (unpaired) electrons. The van der Waals surface area contributed by atoms with Crippen molar-refractivity contribution in [3.63, 3.8) is 0 Å². The first-order chi connectivity index (χ1) is 10.8. The number of hydrogen-bond acceptors (Lipinski definition) is 4. The molecule has 0 aliphatic carbocycles. The molecule has 0 atom stereocenters. The molecule has 0 aliphatic heterocycles. The Morgan fingerprint density at radius 2 is 2.00 bits per heavy atom. The summed E-state index contributed by atoms with van der Waals surface area (Å²) in [5.74, 6) is -1.65. The molecule has 0 aliphatic rings. The van der Waals surface area contributed by atoms with Gasteiger partial charge in [-0.2, -0.15) is 0 Å². The normalized spacial score (nSPS) is 12.0. The fourth-order valence-electron chi connectivity index (χ4n) is 2.03. The highest BCUT2D eigenvalue weighted by Gasteiger charge is 2.20. The van der Waals surface area contributed by atoms with Crippen LogP contribution in [0.2, 0.25) is 0 Å². The largest absolute Gasteiger partial charge is 0.244 e. The number of aryl methyl sites for hydroxylation is 1. The van der Waals surface area contributed by atoms with Crippen LogP contribution in [-0.4, -0.2) is 23.0 Å². The molecule has 6 nitrogen and oxygen atoms in total. The molecule has 0 bridgehead atoms. The topological polar surface area (TPSA) is 76.4 Å². The fourth-order valence-corrected chi connectivity index (χ4v) is 3.09. The summed E-state index contributed by atoms with van der Waals surface area (Å²) in [6.07, 6.45) is 1.74. The number of hydrogen-bond donors (Lipinski definition) is 1. The highest BCUT2D eigenvalue weighted by Crippen LogP contribution is 2.16. The van der Waals surface area contributed by atoms with Gasteiger partial charge in [-0.3, -0.25) is 0 Å². The molecule has 2 aromatic heterocycles. The minimum atomic E-state index is -4.21. The van der Waals surface area contributed by atoms with E-state index in [1.807, 2.05) is 13.0 Å². The van der Waals surface area contributed by atoms with E-state index in [-0.39, 0.29) is 12.4 Å². The number of sulfonamides is 1. The van der Waals surface area contributed by atoms with Crippen molar-refractivity contribution in [3.8, 4) is 0 Å². The van der Waals surface area contributed by atoms with Crippen LogP contribution in [0.1, 0.15) is 11.4 Å². The average molecular weight is 338 g/mol. The van der Waals surface area contributed by atoms with Gasteiger partial charge in [-0.25, -0.2) is 31.4 Å². The lowest BCUT2D eigenvalue weighted by Gasteiger charge is -2.06. The van der Waals surface area contributed by atoms with E-state index in [0.29, 0.717) is 11.7 Å². The molecule has 23 heavy (non-hydrogen) atoms. The van der Waals surface area contributed by atoms with Gasteiger partial charge in [-0.15, -0.1) is 5.10 Å². The third-order valence-electron chi connectivity index (χ3n) is 3.13. The quantitative estimate of drug-likeness (QED) is 0.787. The second-order valence-electron chi connectivity index (χ2n) is 4.94. The van der Waals surface area contributed by atoms with Gasteiger partial charge in [0.25, 0.3) is 0 Å². The summed E-state index contributed by atoms with van der Waals surface area (Å²) >= 11 is 0. The molecule has 0 unspecified atom stereocenters. The van der Waals surface area contributed by atoms with Crippen molar-refractivity contribution < 1.29 is 17.2 Å². The van der Waals surface area contributed by atoms with Gasteiger partial charge in [0.15, 0.2) is 11.5 Å². The minimum Gasteiger partial charge on any atom is -0.221 e. The predicted octanol–water partition coefficient (Wildman–Crippen LogP) is 1.79. The molecule has 2 heterocycles. The van der Waals surface area contributed by atoms with Crippen LogP contribution < -0.4 is 4.72 Å².